The van der Waals surface area contributed by atoms with Crippen LogP contribution in [0.2, 0.25) is 4.34 Å². The van der Waals surface area contributed by atoms with E-state index in [0.717, 1.165) is 64.8 Å². The van der Waals surface area contributed by atoms with Crippen molar-refractivity contribution in [3.8, 4) is 5.75 Å². The Kier molecular flexibility index (Phi) is 9.90. The van der Waals surface area contributed by atoms with Crippen molar-refractivity contribution in [2.45, 2.75) is 42.4 Å². The van der Waals surface area contributed by atoms with Gasteiger partial charge in [-0.1, -0.05) is 11.6 Å². The first-order valence-corrected chi connectivity index (χ1v) is 14.5. The molecular weight excluding hydrogens is 516 g/mol. The van der Waals surface area contributed by atoms with Crippen molar-refractivity contribution in [1.29, 1.82) is 0 Å². The molecule has 9 heteroatoms. The van der Waals surface area contributed by atoms with Gasteiger partial charge in [0.1, 0.15) is 5.75 Å². The number of rotatable bonds is 12. The van der Waals surface area contributed by atoms with E-state index in [2.05, 4.69) is 16.0 Å². The molecule has 36 heavy (non-hydrogen) atoms. The number of thioether (sulfide) groups is 1. The van der Waals surface area contributed by atoms with Crippen molar-refractivity contribution in [3.05, 3.63) is 52.5 Å². The Morgan fingerprint density at radius 1 is 1.28 bits per heavy atom. The highest BCUT2D eigenvalue weighted by atomic mass is 35.5. The topological polar surface area (TPSA) is 82.9 Å². The molecule has 1 fully saturated rings. The molecule has 1 aliphatic heterocycles. The van der Waals surface area contributed by atoms with Crippen molar-refractivity contribution in [2.75, 3.05) is 32.5 Å². The van der Waals surface area contributed by atoms with E-state index >= 15 is 0 Å². The Morgan fingerprint density at radius 3 is 2.89 bits per heavy atom. The number of piperidine rings is 1. The van der Waals surface area contributed by atoms with Crippen molar-refractivity contribution in [3.63, 3.8) is 0 Å². The Balaban J connectivity index is 1.35. The summed E-state index contributed by atoms with van der Waals surface area (Å²) in [6.07, 6.45) is 4.54. The molecule has 0 aliphatic carbocycles. The van der Waals surface area contributed by atoms with E-state index in [1.807, 2.05) is 42.1 Å². The van der Waals surface area contributed by atoms with E-state index in [1.54, 1.807) is 24.6 Å². The minimum absolute atomic E-state index is 0.189. The second-order valence-corrected chi connectivity index (χ2v) is 12.4. The summed E-state index contributed by atoms with van der Waals surface area (Å²) in [4.78, 5) is 18.2. The van der Waals surface area contributed by atoms with Crippen LogP contribution in [0.25, 0.3) is 10.9 Å². The van der Waals surface area contributed by atoms with E-state index < -0.39 is 12.1 Å². The number of ether oxygens (including phenoxy) is 1. The fraction of sp³-hybridized carbons (Fsp3) is 0.481. The molecule has 1 aromatic carbocycles. The number of aliphatic hydroxyl groups excluding tert-OH is 1. The predicted octanol–water partition coefficient (Wildman–Crippen LogP) is 6.37. The Hall–Kier alpha value is -1.84. The first-order chi connectivity index (χ1) is 17.4. The maximum absolute atomic E-state index is 11.3. The quantitative estimate of drug-likeness (QED) is 0.254. The monoisotopic (exact) mass is 548 g/mol. The fourth-order valence-electron chi connectivity index (χ4n) is 5.12. The molecule has 3 heterocycles. The molecule has 0 amide bonds. The summed E-state index contributed by atoms with van der Waals surface area (Å²) in [7, 11) is 1.63. The molecule has 4 rings (SSSR count). The third kappa shape index (κ3) is 7.35. The van der Waals surface area contributed by atoms with E-state index in [-0.39, 0.29) is 6.42 Å². The molecule has 6 nitrogen and oxygen atoms in total. The van der Waals surface area contributed by atoms with Crippen molar-refractivity contribution in [2.24, 2.45) is 11.8 Å². The zero-order valence-electron chi connectivity index (χ0n) is 20.4. The van der Waals surface area contributed by atoms with Gasteiger partial charge in [-0.2, -0.15) is 0 Å². The first-order valence-electron chi connectivity index (χ1n) is 12.4. The summed E-state index contributed by atoms with van der Waals surface area (Å²) in [5, 5.41) is 21.3. The number of methoxy groups -OCH3 is 1. The number of nitrogens with zero attached hydrogens (tertiary/aromatic N) is 2. The largest absolute Gasteiger partial charge is 0.497 e. The standard InChI is InChI=1S/C27H33ClN2O4S2/c1-34-20-4-5-23-22(16-20)21(10-12-29-23)24(31)6-2-18-11-13-30(17-19(18)3-8-26(32)33)14-15-35-27-9-7-25(28)36-27/h4-5,7,9-10,12,16,18-19,24,31H,2-3,6,8,11,13-15,17H2,1H3,(H,32,33)/t18-,19-,24-/m1/s1. The summed E-state index contributed by atoms with van der Waals surface area (Å²) in [6.45, 7) is 2.89. The average molecular weight is 549 g/mol. The minimum atomic E-state index is -0.742. The Morgan fingerprint density at radius 2 is 2.14 bits per heavy atom. The Bertz CT molecular complexity index is 1160. The number of aromatic nitrogens is 1. The van der Waals surface area contributed by atoms with Crippen molar-refractivity contribution in [1.82, 2.24) is 9.88 Å². The van der Waals surface area contributed by atoms with E-state index in [4.69, 9.17) is 16.3 Å². The van der Waals surface area contributed by atoms with Crippen molar-refractivity contribution >= 4 is 51.6 Å². The number of aliphatic carboxylic acids is 1. The van der Waals surface area contributed by atoms with Gasteiger partial charge in [-0.3, -0.25) is 9.78 Å². The molecule has 194 valence electrons. The molecule has 3 aromatic rings. The van der Waals surface area contributed by atoms with Crippen LogP contribution in [0.4, 0.5) is 0 Å². The van der Waals surface area contributed by atoms with Crippen LogP contribution in [0.1, 0.15) is 43.8 Å². The highest BCUT2D eigenvalue weighted by Crippen LogP contribution is 2.36. The maximum Gasteiger partial charge on any atom is 0.303 e. The normalized spacial score (nSPS) is 19.4. The molecule has 2 aromatic heterocycles. The lowest BCUT2D eigenvalue weighted by atomic mass is 9.79. The van der Waals surface area contributed by atoms with Crippen LogP contribution in [0.3, 0.4) is 0 Å². The first kappa shape index (κ1) is 27.2. The Labute approximate surface area is 225 Å². The lowest BCUT2D eigenvalue weighted by Crippen LogP contribution is -2.41. The van der Waals surface area contributed by atoms with Crippen LogP contribution in [-0.4, -0.2) is 58.6 Å². The van der Waals surface area contributed by atoms with Gasteiger partial charge in [0.05, 0.1) is 27.3 Å². The summed E-state index contributed by atoms with van der Waals surface area (Å²) < 4.78 is 7.41. The number of benzene rings is 1. The molecule has 2 N–H and O–H groups in total. The number of carbonyl (C=O) groups is 1. The number of halogens is 1. The average Bonchev–Trinajstić information content (AvgIpc) is 3.30. The maximum atomic E-state index is 11.3. The highest BCUT2D eigenvalue weighted by Gasteiger charge is 2.30. The third-order valence-corrected chi connectivity index (χ3v) is 9.49. The van der Waals surface area contributed by atoms with Gasteiger partial charge in [0, 0.05) is 36.8 Å². The smallest absolute Gasteiger partial charge is 0.303 e. The van der Waals surface area contributed by atoms with Gasteiger partial charge in [-0.05, 0) is 86.0 Å². The molecule has 1 aliphatic rings. The van der Waals surface area contributed by atoms with Crippen LogP contribution in [0.5, 0.6) is 5.75 Å². The fourth-order valence-corrected chi connectivity index (χ4v) is 7.50. The van der Waals surface area contributed by atoms with E-state index in [0.29, 0.717) is 24.7 Å². The molecule has 3 atom stereocenters. The zero-order valence-corrected chi connectivity index (χ0v) is 22.8. The lowest BCUT2D eigenvalue weighted by molar-refractivity contribution is -0.137. The van der Waals surface area contributed by atoms with Crippen LogP contribution in [-0.2, 0) is 4.79 Å². The molecule has 1 saturated heterocycles. The minimum Gasteiger partial charge on any atom is -0.497 e. The second-order valence-electron chi connectivity index (χ2n) is 9.33. The van der Waals surface area contributed by atoms with Crippen molar-refractivity contribution < 1.29 is 19.7 Å². The highest BCUT2D eigenvalue weighted by molar-refractivity contribution is 8.01. The summed E-state index contributed by atoms with van der Waals surface area (Å²) in [6, 6.07) is 11.6. The molecule has 0 spiro atoms. The SMILES string of the molecule is COc1ccc2nccc([C@H](O)CC[C@@H]3CCN(CCSc4ccc(Cl)s4)C[C@H]3CCC(=O)O)c2c1. The van der Waals surface area contributed by atoms with Crippen LogP contribution in [0.15, 0.2) is 46.8 Å². The predicted molar refractivity (Wildman–Crippen MR) is 147 cm³/mol. The number of thiophene rings is 1. The molecule has 0 saturated carbocycles. The lowest BCUT2D eigenvalue weighted by Gasteiger charge is -2.39. The number of aliphatic hydroxyl groups is 1. The second kappa shape index (κ2) is 13.1. The number of pyridine rings is 1. The van der Waals surface area contributed by atoms with Crippen LogP contribution >= 0.6 is 34.7 Å². The van der Waals surface area contributed by atoms with Gasteiger partial charge in [-0.15, -0.1) is 23.1 Å². The molecular formula is C27H33ClN2O4S2. The van der Waals surface area contributed by atoms with Crippen LogP contribution in [0, 0.1) is 11.8 Å². The molecule has 0 unspecified atom stereocenters. The van der Waals surface area contributed by atoms with Gasteiger partial charge in [0.25, 0.3) is 0 Å². The van der Waals surface area contributed by atoms with Gasteiger partial charge < -0.3 is 19.8 Å². The van der Waals surface area contributed by atoms with Crippen LogP contribution < -0.4 is 4.74 Å². The number of fused-ring (bicyclic) bond motifs is 1. The summed E-state index contributed by atoms with van der Waals surface area (Å²) >= 11 is 9.47. The van der Waals surface area contributed by atoms with E-state index in [1.165, 1.54) is 4.21 Å². The number of hydrogen-bond donors (Lipinski definition) is 2. The molecule has 0 radical (unpaired) electrons. The summed E-state index contributed by atoms with van der Waals surface area (Å²) in [5.74, 6) is 1.71. The number of carboxylic acids is 1. The van der Waals surface area contributed by atoms with Gasteiger partial charge in [0.2, 0.25) is 0 Å². The summed E-state index contributed by atoms with van der Waals surface area (Å²) in [5.41, 5.74) is 1.70. The number of carboxylic acid groups (broad SMARTS) is 1. The van der Waals surface area contributed by atoms with Gasteiger partial charge in [-0.25, -0.2) is 0 Å². The van der Waals surface area contributed by atoms with Gasteiger partial charge >= 0.3 is 5.97 Å². The zero-order chi connectivity index (χ0) is 25.5. The number of likely N-dealkylation sites (tertiary alicyclic amines) is 1. The van der Waals surface area contributed by atoms with E-state index in [9.17, 15) is 15.0 Å². The van der Waals surface area contributed by atoms with Gasteiger partial charge in [0.15, 0.2) is 0 Å². The number of hydrogen-bond acceptors (Lipinski definition) is 7. The third-order valence-electron chi connectivity index (χ3n) is 7.06. The molecule has 0 bridgehead atoms.